The van der Waals surface area contributed by atoms with Gasteiger partial charge in [0.2, 0.25) is 0 Å². The molecule has 0 N–H and O–H groups in total. The molecule has 93 heavy (non-hydrogen) atoms. The third-order valence-electron chi connectivity index (χ3n) is 20.0. The van der Waals surface area contributed by atoms with Crippen LogP contribution >= 0.6 is 0 Å². The number of benzene rings is 8. The van der Waals surface area contributed by atoms with Crippen molar-refractivity contribution in [2.45, 2.75) is 183 Å². The van der Waals surface area contributed by atoms with Gasteiger partial charge in [0.05, 0.1) is 39.1 Å². The summed E-state index contributed by atoms with van der Waals surface area (Å²) in [5.74, 6) is 1.72. The fourth-order valence-corrected chi connectivity index (χ4v) is 14.3. The number of ether oxygens (including phenoxy) is 1. The number of anilines is 3. The summed E-state index contributed by atoms with van der Waals surface area (Å²) in [5.41, 5.74) is 25.1. The summed E-state index contributed by atoms with van der Waals surface area (Å²) in [4.78, 5) is 13.8. The first-order chi connectivity index (χ1) is 43.5. The number of pyridine rings is 2. The monoisotopic (exact) mass is 1220 g/mol. The van der Waals surface area contributed by atoms with Crippen molar-refractivity contribution in [1.82, 2.24) is 19.1 Å². The van der Waals surface area contributed by atoms with Crippen molar-refractivity contribution in [3.8, 4) is 45.4 Å². The lowest BCUT2D eigenvalue weighted by Crippen LogP contribution is -2.59. The van der Waals surface area contributed by atoms with Crippen LogP contribution in [-0.2, 0) is 37.9 Å². The first-order valence-corrected chi connectivity index (χ1v) is 33.7. The topological polar surface area (TPSA) is 48.1 Å². The van der Waals surface area contributed by atoms with Crippen LogP contribution in [0.3, 0.4) is 0 Å². The van der Waals surface area contributed by atoms with Crippen molar-refractivity contribution < 1.29 is 4.74 Å². The maximum absolute atomic E-state index is 7.66. The fraction of sp³-hybridized carbons (Fsp3) is 0.326. The van der Waals surface area contributed by atoms with E-state index in [-0.39, 0.29) is 44.6 Å². The minimum atomic E-state index is -0.268. The molecule has 2 aliphatic heterocycles. The molecule has 0 saturated heterocycles. The summed E-state index contributed by atoms with van der Waals surface area (Å²) in [6.07, 6.45) is 0. The van der Waals surface area contributed by atoms with Gasteiger partial charge in [0.1, 0.15) is 11.5 Å². The molecule has 4 aromatic heterocycles. The summed E-state index contributed by atoms with van der Waals surface area (Å²) in [6, 6.07) is 67.5. The number of para-hydroxylation sites is 1. The summed E-state index contributed by atoms with van der Waals surface area (Å²) >= 11 is 0. The molecule has 0 saturated carbocycles. The second kappa shape index (κ2) is 20.9. The molecule has 470 valence electrons. The number of fused-ring (bicyclic) bond motifs is 10. The first-order valence-electron chi connectivity index (χ1n) is 33.7. The van der Waals surface area contributed by atoms with Crippen LogP contribution < -0.4 is 26.0 Å². The van der Waals surface area contributed by atoms with E-state index in [1.807, 2.05) is 0 Å². The van der Waals surface area contributed by atoms with Crippen LogP contribution in [-0.4, -0.2) is 25.8 Å². The zero-order chi connectivity index (χ0) is 66.2. The number of hydrogen-bond acceptors (Lipinski definition) is 4. The highest BCUT2D eigenvalue weighted by molar-refractivity contribution is 6.99. The average molecular weight is 1220 g/mol. The van der Waals surface area contributed by atoms with Crippen molar-refractivity contribution in [2.24, 2.45) is 0 Å². The van der Waals surface area contributed by atoms with Crippen LogP contribution in [0.2, 0.25) is 0 Å². The standard InChI is InChI=1S/C86H92BN5O/c1-80(2,3)51-31-39-68-60(43-51)61-44-52(81(4,5)6)32-40-69(61)90(68)56-35-37-64-72(49-56)92(79-58(66-27-23-29-76(88-66)85(16,17)18)25-22-26-59(79)67-28-24-30-77(89-67)86(19,20)21)73-47-55(84(13,14)15)48-75-78(73)87(64)65-38-36-57(50-74(65)93-75)91-70-41-33-53(82(7,8)9)45-62(70)63-46-54(83(10,11)12)34-42-71(63)91/h22-50H,1-21H3. The number of nitrogens with zero attached hydrogens (tertiary/aromatic N) is 5. The van der Waals surface area contributed by atoms with E-state index in [0.717, 1.165) is 84.8 Å². The number of hydrogen-bond donors (Lipinski definition) is 0. The molecule has 0 bridgehead atoms. The molecular formula is C86H92BN5O. The van der Waals surface area contributed by atoms with Gasteiger partial charge in [0.25, 0.3) is 6.71 Å². The smallest absolute Gasteiger partial charge is 0.256 e. The van der Waals surface area contributed by atoms with Gasteiger partial charge in [-0.2, -0.15) is 0 Å². The molecule has 0 amide bonds. The molecular weight excluding hydrogens is 1130 g/mol. The molecule has 2 aliphatic rings. The lowest BCUT2D eigenvalue weighted by molar-refractivity contribution is 0.483. The van der Waals surface area contributed by atoms with Crippen LogP contribution in [0.25, 0.3) is 77.5 Å². The Kier molecular flexibility index (Phi) is 13.9. The summed E-state index contributed by atoms with van der Waals surface area (Å²) in [5, 5.41) is 5.03. The second-order valence-corrected chi connectivity index (χ2v) is 34.1. The highest BCUT2D eigenvalue weighted by atomic mass is 16.5. The first kappa shape index (κ1) is 61.8. The van der Waals surface area contributed by atoms with Gasteiger partial charge in [-0.25, -0.2) is 0 Å². The van der Waals surface area contributed by atoms with E-state index in [9.17, 15) is 0 Å². The van der Waals surface area contributed by atoms with Crippen LogP contribution in [0.5, 0.6) is 11.5 Å². The Morgan fingerprint density at radius 2 is 0.710 bits per heavy atom. The Morgan fingerprint density at radius 3 is 1.11 bits per heavy atom. The third-order valence-corrected chi connectivity index (χ3v) is 20.0. The Bertz CT molecular complexity index is 4840. The van der Waals surface area contributed by atoms with Gasteiger partial charge < -0.3 is 18.8 Å². The van der Waals surface area contributed by atoms with Gasteiger partial charge in [-0.15, -0.1) is 0 Å². The van der Waals surface area contributed by atoms with Gasteiger partial charge in [0, 0.05) is 83.7 Å². The van der Waals surface area contributed by atoms with E-state index >= 15 is 0 Å². The summed E-state index contributed by atoms with van der Waals surface area (Å²) in [7, 11) is 0. The lowest BCUT2D eigenvalue weighted by atomic mass is 9.34. The second-order valence-electron chi connectivity index (χ2n) is 34.1. The molecule has 8 aromatic carbocycles. The molecule has 0 fully saturated rings. The molecule has 0 atom stereocenters. The molecule has 12 aromatic rings. The third kappa shape index (κ3) is 10.5. The van der Waals surface area contributed by atoms with E-state index in [0.29, 0.717) is 0 Å². The van der Waals surface area contributed by atoms with Gasteiger partial charge in [0.15, 0.2) is 0 Å². The van der Waals surface area contributed by atoms with Gasteiger partial charge in [-0.1, -0.05) is 212 Å². The van der Waals surface area contributed by atoms with Crippen LogP contribution in [0.15, 0.2) is 176 Å². The highest BCUT2D eigenvalue weighted by Gasteiger charge is 2.45. The van der Waals surface area contributed by atoms with E-state index < -0.39 is 0 Å². The quantitative estimate of drug-likeness (QED) is 0.161. The minimum Gasteiger partial charge on any atom is -0.458 e. The molecule has 7 heteroatoms. The van der Waals surface area contributed by atoms with E-state index in [1.54, 1.807) is 0 Å². The van der Waals surface area contributed by atoms with Gasteiger partial charge >= 0.3 is 0 Å². The summed E-state index contributed by atoms with van der Waals surface area (Å²) in [6.45, 7) is 48.1. The predicted molar refractivity (Wildman–Crippen MR) is 398 cm³/mol. The molecule has 14 rings (SSSR count). The van der Waals surface area contributed by atoms with Gasteiger partial charge in [-0.05, 0) is 174 Å². The zero-order valence-electron chi connectivity index (χ0n) is 59.0. The number of aromatic nitrogens is 4. The van der Waals surface area contributed by atoms with Crippen molar-refractivity contribution in [3.05, 3.63) is 215 Å². The average Bonchev–Trinajstić information content (AvgIpc) is 1.17. The van der Waals surface area contributed by atoms with Crippen LogP contribution in [0.4, 0.5) is 17.1 Å². The largest absolute Gasteiger partial charge is 0.458 e. The molecule has 0 unspecified atom stereocenters. The molecule has 0 radical (unpaired) electrons. The Labute approximate surface area is 553 Å². The Morgan fingerprint density at radius 1 is 0.323 bits per heavy atom. The normalized spacial score (nSPS) is 13.9. The maximum Gasteiger partial charge on any atom is 0.256 e. The van der Waals surface area contributed by atoms with Crippen LogP contribution in [0.1, 0.15) is 185 Å². The SMILES string of the molecule is CC(C)(C)c1cc2c3c(c1)N(c1c(-c4cccc(C(C)(C)C)n4)cccc1-c1cccc(C(C)(C)C)n1)c1cc(-n4c5ccc(C(C)(C)C)cc5c5cc(C(C)(C)C)ccc54)ccc1B3c1ccc(-n3c4ccc(C(C)(C)C)cc4c4cc(C(C)(C)C)ccc43)cc1O2. The van der Waals surface area contributed by atoms with Crippen molar-refractivity contribution in [1.29, 1.82) is 0 Å². The van der Waals surface area contributed by atoms with Crippen molar-refractivity contribution in [2.75, 3.05) is 4.90 Å². The fourth-order valence-electron chi connectivity index (χ4n) is 14.3. The predicted octanol–water partition coefficient (Wildman–Crippen LogP) is 21.5. The van der Waals surface area contributed by atoms with Gasteiger partial charge in [-0.3, -0.25) is 9.97 Å². The van der Waals surface area contributed by atoms with Crippen molar-refractivity contribution in [3.63, 3.8) is 0 Å². The zero-order valence-corrected chi connectivity index (χ0v) is 59.0. The van der Waals surface area contributed by atoms with E-state index in [1.165, 1.54) is 76.9 Å². The highest BCUT2D eigenvalue weighted by Crippen LogP contribution is 2.51. The lowest BCUT2D eigenvalue weighted by Gasteiger charge is -2.42. The van der Waals surface area contributed by atoms with Crippen molar-refractivity contribution >= 4 is 83.8 Å². The van der Waals surface area contributed by atoms with E-state index in [4.69, 9.17) is 14.7 Å². The molecule has 0 aliphatic carbocycles. The molecule has 6 nitrogen and oxygen atoms in total. The molecule has 6 heterocycles. The van der Waals surface area contributed by atoms with E-state index in [2.05, 4.69) is 335 Å². The Balaban J connectivity index is 1.09. The van der Waals surface area contributed by atoms with Crippen LogP contribution in [0, 0.1) is 0 Å². The Hall–Kier alpha value is -8.68. The molecule has 0 spiro atoms. The minimum absolute atomic E-state index is 0.0173. The number of rotatable bonds is 5. The summed E-state index contributed by atoms with van der Waals surface area (Å²) < 4.78 is 12.7. The maximum atomic E-state index is 7.66.